The molecule has 0 saturated carbocycles. The molecule has 3 rings (SSSR count). The Balaban J connectivity index is 2.39. The maximum absolute atomic E-state index is 11.9. The number of pyridine rings is 1. The molecule has 0 fully saturated rings. The summed E-state index contributed by atoms with van der Waals surface area (Å²) in [4.78, 5) is 16.4. The number of aryl methyl sites for hydroxylation is 1. The third-order valence-electron chi connectivity index (χ3n) is 3.49. The highest BCUT2D eigenvalue weighted by atomic mass is 16.1. The van der Waals surface area contributed by atoms with Gasteiger partial charge in [0.25, 0.3) is 0 Å². The van der Waals surface area contributed by atoms with Gasteiger partial charge < -0.3 is 5.73 Å². The van der Waals surface area contributed by atoms with E-state index in [2.05, 4.69) is 11.9 Å². The van der Waals surface area contributed by atoms with Crippen molar-refractivity contribution in [1.29, 1.82) is 0 Å². The minimum Gasteiger partial charge on any atom is -0.399 e. The number of nitrogens with two attached hydrogens (primary N) is 1. The number of hydrogen-bond acceptors (Lipinski definition) is 3. The van der Waals surface area contributed by atoms with Gasteiger partial charge in [0.2, 0.25) is 0 Å². The van der Waals surface area contributed by atoms with Gasteiger partial charge in [-0.2, -0.15) is 0 Å². The van der Waals surface area contributed by atoms with Gasteiger partial charge in [-0.15, -0.1) is 0 Å². The number of carbonyl (C=O) groups excluding carboxylic acids is 1. The largest absolute Gasteiger partial charge is 0.399 e. The number of nitrogen functional groups attached to an aromatic ring is 1. The molecule has 1 aliphatic rings. The van der Waals surface area contributed by atoms with Crippen molar-refractivity contribution in [2.75, 3.05) is 5.73 Å². The van der Waals surface area contributed by atoms with Crippen LogP contribution >= 0.6 is 0 Å². The van der Waals surface area contributed by atoms with Crippen LogP contribution in [-0.4, -0.2) is 10.8 Å². The number of nitrogens with zero attached hydrogens (tertiary/aromatic N) is 1. The predicted octanol–water partition coefficient (Wildman–Crippen LogP) is 2.64. The van der Waals surface area contributed by atoms with Gasteiger partial charge in [-0.25, -0.2) is 4.98 Å². The fourth-order valence-electron chi connectivity index (χ4n) is 2.56. The SMILES string of the molecule is Cc1c2c(nc3ccc(N)cc13)C(=O)CCC2. The summed E-state index contributed by atoms with van der Waals surface area (Å²) < 4.78 is 0. The molecule has 1 aliphatic carbocycles. The minimum absolute atomic E-state index is 0.174. The van der Waals surface area contributed by atoms with E-state index in [1.165, 1.54) is 0 Å². The second-order valence-corrected chi connectivity index (χ2v) is 4.62. The molecule has 0 amide bonds. The molecule has 0 unspecified atom stereocenters. The lowest BCUT2D eigenvalue weighted by Gasteiger charge is -2.18. The van der Waals surface area contributed by atoms with Gasteiger partial charge in [-0.3, -0.25) is 4.79 Å². The summed E-state index contributed by atoms with van der Waals surface area (Å²) in [5.74, 6) is 0.174. The molecule has 17 heavy (non-hydrogen) atoms. The van der Waals surface area contributed by atoms with E-state index < -0.39 is 0 Å². The maximum Gasteiger partial charge on any atom is 0.181 e. The molecule has 0 saturated heterocycles. The fourth-order valence-corrected chi connectivity index (χ4v) is 2.56. The molecule has 0 radical (unpaired) electrons. The number of ketones is 1. The number of carbonyl (C=O) groups is 1. The lowest BCUT2D eigenvalue weighted by Crippen LogP contribution is -2.14. The Labute approximate surface area is 99.7 Å². The van der Waals surface area contributed by atoms with Gasteiger partial charge in [0, 0.05) is 17.5 Å². The molecule has 2 N–H and O–H groups in total. The molecule has 0 atom stereocenters. The molecule has 2 aromatic rings. The lowest BCUT2D eigenvalue weighted by atomic mass is 9.90. The number of rotatable bonds is 0. The molecular formula is C14H14N2O. The number of benzene rings is 1. The molecule has 0 aliphatic heterocycles. The van der Waals surface area contributed by atoms with Crippen LogP contribution in [0.1, 0.15) is 34.5 Å². The van der Waals surface area contributed by atoms with Gasteiger partial charge in [0.1, 0.15) is 5.69 Å². The van der Waals surface area contributed by atoms with Crippen molar-refractivity contribution in [3.8, 4) is 0 Å². The number of anilines is 1. The number of Topliss-reactive ketones (excluding diaryl/α,β-unsaturated/α-hetero) is 1. The van der Waals surface area contributed by atoms with Gasteiger partial charge >= 0.3 is 0 Å². The Bertz CT molecular complexity index is 632. The Morgan fingerprint density at radius 1 is 1.29 bits per heavy atom. The van der Waals surface area contributed by atoms with Crippen LogP contribution in [0.25, 0.3) is 10.9 Å². The van der Waals surface area contributed by atoms with E-state index in [1.807, 2.05) is 18.2 Å². The Kier molecular flexibility index (Phi) is 2.15. The monoisotopic (exact) mass is 226 g/mol. The summed E-state index contributed by atoms with van der Waals surface area (Å²) >= 11 is 0. The first-order chi connectivity index (χ1) is 8.16. The van der Waals surface area contributed by atoms with Crippen molar-refractivity contribution >= 4 is 22.4 Å². The molecule has 3 nitrogen and oxygen atoms in total. The van der Waals surface area contributed by atoms with E-state index in [0.717, 1.165) is 40.6 Å². The summed E-state index contributed by atoms with van der Waals surface area (Å²) in [6, 6.07) is 5.66. The first kappa shape index (κ1) is 10.3. The van der Waals surface area contributed by atoms with Gasteiger partial charge in [-0.05, 0) is 49.1 Å². The number of aromatic nitrogens is 1. The smallest absolute Gasteiger partial charge is 0.181 e. The van der Waals surface area contributed by atoms with Crippen molar-refractivity contribution in [1.82, 2.24) is 4.98 Å². The van der Waals surface area contributed by atoms with Crippen LogP contribution < -0.4 is 5.73 Å². The summed E-state index contributed by atoms with van der Waals surface area (Å²) in [5, 5.41) is 1.07. The Morgan fingerprint density at radius 2 is 2.12 bits per heavy atom. The average molecular weight is 226 g/mol. The van der Waals surface area contributed by atoms with E-state index in [4.69, 9.17) is 5.73 Å². The molecule has 1 aromatic heterocycles. The van der Waals surface area contributed by atoms with Crippen LogP contribution in [0.4, 0.5) is 5.69 Å². The van der Waals surface area contributed by atoms with E-state index in [-0.39, 0.29) is 5.78 Å². The second kappa shape index (κ2) is 3.55. The zero-order valence-corrected chi connectivity index (χ0v) is 9.79. The average Bonchev–Trinajstić information content (AvgIpc) is 2.32. The van der Waals surface area contributed by atoms with Crippen LogP contribution in [-0.2, 0) is 6.42 Å². The van der Waals surface area contributed by atoms with Crippen LogP contribution in [0.5, 0.6) is 0 Å². The predicted molar refractivity (Wildman–Crippen MR) is 68.2 cm³/mol. The molecule has 0 spiro atoms. The van der Waals surface area contributed by atoms with Crippen molar-refractivity contribution in [3.05, 3.63) is 35.0 Å². The third-order valence-corrected chi connectivity index (χ3v) is 3.49. The summed E-state index contributed by atoms with van der Waals surface area (Å²) in [5.41, 5.74) is 10.3. The molecule has 0 bridgehead atoms. The highest BCUT2D eigenvalue weighted by molar-refractivity contribution is 6.00. The zero-order chi connectivity index (χ0) is 12.0. The van der Waals surface area contributed by atoms with Crippen LogP contribution in [0.15, 0.2) is 18.2 Å². The topological polar surface area (TPSA) is 56.0 Å². The van der Waals surface area contributed by atoms with Crippen LogP contribution in [0.3, 0.4) is 0 Å². The van der Waals surface area contributed by atoms with E-state index in [1.54, 1.807) is 0 Å². The van der Waals surface area contributed by atoms with Crippen molar-refractivity contribution in [2.24, 2.45) is 0 Å². The van der Waals surface area contributed by atoms with Crippen molar-refractivity contribution in [2.45, 2.75) is 26.2 Å². The third kappa shape index (κ3) is 1.50. The highest BCUT2D eigenvalue weighted by Gasteiger charge is 2.21. The second-order valence-electron chi connectivity index (χ2n) is 4.62. The van der Waals surface area contributed by atoms with Gasteiger partial charge in [0.05, 0.1) is 5.52 Å². The Morgan fingerprint density at radius 3 is 2.94 bits per heavy atom. The fraction of sp³-hybridized carbons (Fsp3) is 0.286. The number of fused-ring (bicyclic) bond motifs is 2. The zero-order valence-electron chi connectivity index (χ0n) is 9.79. The molecule has 3 heteroatoms. The van der Waals surface area contributed by atoms with Gasteiger partial charge in [-0.1, -0.05) is 0 Å². The maximum atomic E-state index is 11.9. The van der Waals surface area contributed by atoms with Crippen molar-refractivity contribution in [3.63, 3.8) is 0 Å². The molecular weight excluding hydrogens is 212 g/mol. The molecule has 86 valence electrons. The normalized spacial score (nSPS) is 15.0. The van der Waals surface area contributed by atoms with Crippen LogP contribution in [0.2, 0.25) is 0 Å². The quantitative estimate of drug-likeness (QED) is 0.702. The highest BCUT2D eigenvalue weighted by Crippen LogP contribution is 2.29. The summed E-state index contributed by atoms with van der Waals surface area (Å²) in [6.07, 6.45) is 2.51. The van der Waals surface area contributed by atoms with E-state index >= 15 is 0 Å². The summed E-state index contributed by atoms with van der Waals surface area (Å²) in [7, 11) is 0. The summed E-state index contributed by atoms with van der Waals surface area (Å²) in [6.45, 7) is 2.06. The van der Waals surface area contributed by atoms with Crippen LogP contribution in [0, 0.1) is 6.92 Å². The van der Waals surface area contributed by atoms with Gasteiger partial charge in [0.15, 0.2) is 5.78 Å². The van der Waals surface area contributed by atoms with E-state index in [9.17, 15) is 4.79 Å². The Hall–Kier alpha value is -1.90. The number of hydrogen-bond donors (Lipinski definition) is 1. The first-order valence-corrected chi connectivity index (χ1v) is 5.89. The first-order valence-electron chi connectivity index (χ1n) is 5.89. The standard InChI is InChI=1S/C14H14N2O/c1-8-10-3-2-4-13(17)14(10)16-12-6-5-9(15)7-11(8)12/h5-7H,2-4,15H2,1H3. The molecule has 1 aromatic carbocycles. The van der Waals surface area contributed by atoms with Crippen molar-refractivity contribution < 1.29 is 4.79 Å². The molecule has 1 heterocycles. The van der Waals surface area contributed by atoms with E-state index in [0.29, 0.717) is 12.1 Å². The lowest BCUT2D eigenvalue weighted by molar-refractivity contribution is 0.0967. The minimum atomic E-state index is 0.174.